The fraction of sp³-hybridized carbons (Fsp3) is 0.200. The minimum Gasteiger partial charge on any atom is -0.343 e. The fourth-order valence-electron chi connectivity index (χ4n) is 1.39. The van der Waals surface area contributed by atoms with Gasteiger partial charge in [0.1, 0.15) is 10.7 Å². The Morgan fingerprint density at radius 3 is 2.84 bits per heavy atom. The summed E-state index contributed by atoms with van der Waals surface area (Å²) in [5, 5.41) is 3.44. The van der Waals surface area contributed by atoms with Crippen LogP contribution in [0.5, 0.6) is 0 Å². The van der Waals surface area contributed by atoms with Crippen LogP contribution in [0.4, 0.5) is 4.39 Å². The summed E-state index contributed by atoms with van der Waals surface area (Å²) in [5.74, 6) is -0.697. The summed E-state index contributed by atoms with van der Waals surface area (Å²) in [4.78, 5) is 3.19. The van der Waals surface area contributed by atoms with E-state index in [2.05, 4.69) is 19.4 Å². The summed E-state index contributed by atoms with van der Waals surface area (Å²) in [6.07, 6.45) is 1.07. The number of benzene rings is 1. The highest BCUT2D eigenvalue weighted by molar-refractivity contribution is 7.89. The van der Waals surface area contributed by atoms with Crippen LogP contribution in [0.1, 0.15) is 11.4 Å². The summed E-state index contributed by atoms with van der Waals surface area (Å²) < 4.78 is 44.1. The van der Waals surface area contributed by atoms with E-state index in [1.54, 1.807) is 0 Å². The van der Waals surface area contributed by atoms with Crippen LogP contribution < -0.4 is 10.5 Å². The first-order chi connectivity index (χ1) is 9.03. The maximum Gasteiger partial charge on any atom is 0.243 e. The molecule has 2 aromatic rings. The number of nitrogens with two attached hydrogens (primary N) is 1. The summed E-state index contributed by atoms with van der Waals surface area (Å²) in [6, 6.07) is 3.67. The molecule has 19 heavy (non-hydrogen) atoms. The molecule has 0 aliphatic rings. The van der Waals surface area contributed by atoms with Gasteiger partial charge in [0.25, 0.3) is 0 Å². The topological polar surface area (TPSA) is 111 Å². The molecule has 0 aliphatic carbocycles. The highest BCUT2D eigenvalue weighted by Gasteiger charge is 2.19. The maximum absolute atomic E-state index is 13.6. The average molecular weight is 286 g/mol. The molecule has 0 spiro atoms. The van der Waals surface area contributed by atoms with Crippen LogP contribution in [0.25, 0.3) is 0 Å². The molecule has 7 nitrogen and oxygen atoms in total. The Hall–Kier alpha value is -1.84. The third-order valence-corrected chi connectivity index (χ3v) is 3.76. The van der Waals surface area contributed by atoms with Gasteiger partial charge in [-0.3, -0.25) is 0 Å². The second-order valence-corrected chi connectivity index (χ2v) is 5.38. The van der Waals surface area contributed by atoms with Crippen LogP contribution in [0.3, 0.4) is 0 Å². The Balaban J connectivity index is 2.23. The number of nitrogens with zero attached hydrogens (tertiary/aromatic N) is 2. The van der Waals surface area contributed by atoms with Crippen molar-refractivity contribution in [2.45, 2.75) is 18.0 Å². The van der Waals surface area contributed by atoms with Crippen LogP contribution in [-0.2, 0) is 23.1 Å². The summed E-state index contributed by atoms with van der Waals surface area (Å²) >= 11 is 0. The molecule has 0 saturated carbocycles. The van der Waals surface area contributed by atoms with Gasteiger partial charge in [-0.1, -0.05) is 11.2 Å². The highest BCUT2D eigenvalue weighted by atomic mass is 32.2. The van der Waals surface area contributed by atoms with Crippen molar-refractivity contribution in [2.24, 2.45) is 5.73 Å². The van der Waals surface area contributed by atoms with E-state index in [0.717, 1.165) is 12.5 Å². The Labute approximate surface area is 108 Å². The van der Waals surface area contributed by atoms with E-state index in [1.807, 2.05) is 0 Å². The fourth-order valence-corrected chi connectivity index (χ4v) is 2.49. The normalized spacial score (nSPS) is 11.7. The molecule has 0 amide bonds. The Bertz CT molecular complexity index is 657. The van der Waals surface area contributed by atoms with Crippen molar-refractivity contribution in [3.63, 3.8) is 0 Å². The lowest BCUT2D eigenvalue weighted by atomic mass is 10.2. The monoisotopic (exact) mass is 286 g/mol. The van der Waals surface area contributed by atoms with Crippen molar-refractivity contribution < 1.29 is 17.3 Å². The zero-order valence-electron chi connectivity index (χ0n) is 9.71. The van der Waals surface area contributed by atoms with Gasteiger partial charge >= 0.3 is 0 Å². The molecular formula is C10H11FN4O3S. The number of hydrogen-bond acceptors (Lipinski definition) is 6. The van der Waals surface area contributed by atoms with Crippen molar-refractivity contribution in [2.75, 3.05) is 0 Å². The number of rotatable bonds is 5. The lowest BCUT2D eigenvalue weighted by molar-refractivity contribution is 0.409. The number of hydrogen-bond donors (Lipinski definition) is 2. The predicted octanol–water partition coefficient (Wildman–Crippen LogP) is 0.146. The minimum atomic E-state index is -4.00. The second kappa shape index (κ2) is 5.43. The van der Waals surface area contributed by atoms with Crippen molar-refractivity contribution in [1.82, 2.24) is 14.9 Å². The van der Waals surface area contributed by atoms with Crippen LogP contribution in [-0.4, -0.2) is 18.6 Å². The van der Waals surface area contributed by atoms with Gasteiger partial charge in [-0.15, -0.1) is 0 Å². The van der Waals surface area contributed by atoms with Crippen molar-refractivity contribution in [1.29, 1.82) is 0 Å². The lowest BCUT2D eigenvalue weighted by Gasteiger charge is -2.07. The SMILES string of the molecule is NCc1ccc(F)c(S(=O)(=O)NCc2ncon2)c1. The molecule has 0 atom stereocenters. The van der Waals surface area contributed by atoms with Gasteiger partial charge in [0.2, 0.25) is 16.4 Å². The van der Waals surface area contributed by atoms with Crippen LogP contribution in [0.15, 0.2) is 34.0 Å². The predicted molar refractivity (Wildman–Crippen MR) is 62.6 cm³/mol. The molecule has 3 N–H and O–H groups in total. The number of halogens is 1. The minimum absolute atomic E-state index is 0.119. The van der Waals surface area contributed by atoms with Gasteiger partial charge < -0.3 is 10.3 Å². The molecule has 1 heterocycles. The summed E-state index contributed by atoms with van der Waals surface area (Å²) in [7, 11) is -4.00. The third kappa shape index (κ3) is 3.13. The van der Waals surface area contributed by atoms with Crippen molar-refractivity contribution >= 4 is 10.0 Å². The third-order valence-electron chi connectivity index (χ3n) is 2.35. The van der Waals surface area contributed by atoms with E-state index < -0.39 is 20.7 Å². The first-order valence-corrected chi connectivity index (χ1v) is 6.74. The van der Waals surface area contributed by atoms with Gasteiger partial charge in [0.15, 0.2) is 5.82 Å². The van der Waals surface area contributed by atoms with Crippen LogP contribution in [0.2, 0.25) is 0 Å². The zero-order valence-corrected chi connectivity index (χ0v) is 10.5. The largest absolute Gasteiger partial charge is 0.343 e. The second-order valence-electron chi connectivity index (χ2n) is 3.64. The molecule has 1 aromatic heterocycles. The molecule has 1 aromatic carbocycles. The van der Waals surface area contributed by atoms with Gasteiger partial charge in [-0.25, -0.2) is 17.5 Å². The molecule has 0 bridgehead atoms. The highest BCUT2D eigenvalue weighted by Crippen LogP contribution is 2.16. The van der Waals surface area contributed by atoms with Gasteiger partial charge in [0.05, 0.1) is 6.54 Å². The average Bonchev–Trinajstić information content (AvgIpc) is 2.90. The number of nitrogens with one attached hydrogen (secondary N) is 1. The van der Waals surface area contributed by atoms with E-state index in [4.69, 9.17) is 5.73 Å². The molecular weight excluding hydrogens is 275 g/mol. The maximum atomic E-state index is 13.6. The first-order valence-electron chi connectivity index (χ1n) is 5.26. The molecule has 0 aliphatic heterocycles. The summed E-state index contributed by atoms with van der Waals surface area (Å²) in [5.41, 5.74) is 5.91. The zero-order chi connectivity index (χ0) is 13.9. The Kier molecular flexibility index (Phi) is 3.88. The molecule has 102 valence electrons. The van der Waals surface area contributed by atoms with E-state index in [-0.39, 0.29) is 18.9 Å². The number of aromatic nitrogens is 2. The molecule has 0 fully saturated rings. The van der Waals surface area contributed by atoms with Crippen molar-refractivity contribution in [3.8, 4) is 0 Å². The molecule has 0 unspecified atom stereocenters. The molecule has 9 heteroatoms. The quantitative estimate of drug-likeness (QED) is 0.809. The Morgan fingerprint density at radius 2 is 2.21 bits per heavy atom. The Morgan fingerprint density at radius 1 is 1.42 bits per heavy atom. The van der Waals surface area contributed by atoms with E-state index in [9.17, 15) is 12.8 Å². The molecule has 0 saturated heterocycles. The van der Waals surface area contributed by atoms with E-state index in [1.165, 1.54) is 12.1 Å². The van der Waals surface area contributed by atoms with E-state index >= 15 is 0 Å². The van der Waals surface area contributed by atoms with Crippen LogP contribution in [0, 0.1) is 5.82 Å². The van der Waals surface area contributed by atoms with Crippen LogP contribution >= 0.6 is 0 Å². The smallest absolute Gasteiger partial charge is 0.243 e. The summed E-state index contributed by atoms with van der Waals surface area (Å²) in [6.45, 7) is -0.0707. The standard InChI is InChI=1S/C10H11FN4O3S/c11-8-2-1-7(4-12)3-9(8)19(16,17)14-5-10-13-6-18-15-10/h1-3,6,14H,4-5,12H2. The van der Waals surface area contributed by atoms with Gasteiger partial charge in [0, 0.05) is 6.54 Å². The van der Waals surface area contributed by atoms with E-state index in [0.29, 0.717) is 5.56 Å². The van der Waals surface area contributed by atoms with Crippen molar-refractivity contribution in [3.05, 3.63) is 41.8 Å². The molecule has 2 rings (SSSR count). The lowest BCUT2D eigenvalue weighted by Crippen LogP contribution is -2.25. The first kappa shape index (κ1) is 13.6. The van der Waals surface area contributed by atoms with Gasteiger partial charge in [-0.05, 0) is 17.7 Å². The number of sulfonamides is 1. The van der Waals surface area contributed by atoms with Gasteiger partial charge in [-0.2, -0.15) is 4.98 Å². The molecule has 0 radical (unpaired) electrons.